The molecule has 0 saturated heterocycles. The molecule has 0 radical (unpaired) electrons. The molecule has 1 saturated carbocycles. The summed E-state index contributed by atoms with van der Waals surface area (Å²) in [4.78, 5) is 0. The average Bonchev–Trinajstić information content (AvgIpc) is 3.13. The normalized spacial score (nSPS) is 17.3. The van der Waals surface area contributed by atoms with Crippen molar-refractivity contribution in [3.8, 4) is 0 Å². The van der Waals surface area contributed by atoms with Gasteiger partial charge in [0, 0.05) is 6.04 Å². The number of nitrogens with two attached hydrogens (primary N) is 1. The Labute approximate surface area is 98.2 Å². The first-order valence-electron chi connectivity index (χ1n) is 6.37. The molecule has 0 spiro atoms. The van der Waals surface area contributed by atoms with Crippen molar-refractivity contribution in [1.29, 1.82) is 0 Å². The molecule has 0 heterocycles. The zero-order valence-electron chi connectivity index (χ0n) is 9.86. The number of benzene rings is 1. The van der Waals surface area contributed by atoms with E-state index in [1.807, 2.05) is 6.07 Å². The molecule has 88 valence electrons. The highest BCUT2D eigenvalue weighted by atomic mass is 14.9. The Morgan fingerprint density at radius 2 is 2.00 bits per heavy atom. The van der Waals surface area contributed by atoms with Crippen LogP contribution in [0.4, 0.5) is 0 Å². The lowest BCUT2D eigenvalue weighted by molar-refractivity contribution is 0.554. The molecule has 1 aliphatic rings. The third-order valence-corrected chi connectivity index (χ3v) is 3.23. The van der Waals surface area contributed by atoms with Gasteiger partial charge in [-0.15, -0.1) is 0 Å². The highest BCUT2D eigenvalue weighted by Crippen LogP contribution is 2.27. The average molecular weight is 218 g/mol. The Hall–Kier alpha value is -0.860. The number of rotatable bonds is 7. The fourth-order valence-electron chi connectivity index (χ4n) is 1.94. The highest BCUT2D eigenvalue weighted by Gasteiger charge is 2.19. The monoisotopic (exact) mass is 218 g/mol. The van der Waals surface area contributed by atoms with Crippen molar-refractivity contribution in [1.82, 2.24) is 5.32 Å². The molecule has 2 heteroatoms. The molecule has 0 bridgehead atoms. The molecular formula is C14H22N2. The first kappa shape index (κ1) is 11.6. The summed E-state index contributed by atoms with van der Waals surface area (Å²) in [5.41, 5.74) is 7.38. The fraction of sp³-hybridized carbons (Fsp3) is 0.571. The van der Waals surface area contributed by atoms with Crippen LogP contribution in [0.2, 0.25) is 0 Å². The van der Waals surface area contributed by atoms with Gasteiger partial charge in [0.1, 0.15) is 0 Å². The van der Waals surface area contributed by atoms with E-state index in [-0.39, 0.29) is 6.04 Å². The summed E-state index contributed by atoms with van der Waals surface area (Å²) in [6.45, 7) is 2.32. The molecule has 1 aromatic carbocycles. The maximum atomic E-state index is 6.12. The Morgan fingerprint density at radius 3 is 2.69 bits per heavy atom. The van der Waals surface area contributed by atoms with Gasteiger partial charge in [-0.05, 0) is 50.3 Å². The minimum absolute atomic E-state index is 0.198. The first-order valence-corrected chi connectivity index (χ1v) is 6.37. The molecule has 1 aromatic rings. The van der Waals surface area contributed by atoms with Crippen LogP contribution in [-0.2, 0) is 0 Å². The Balaban J connectivity index is 1.58. The minimum Gasteiger partial charge on any atom is -0.324 e. The third kappa shape index (κ3) is 3.95. The van der Waals surface area contributed by atoms with Crippen molar-refractivity contribution in [2.24, 2.45) is 11.7 Å². The van der Waals surface area contributed by atoms with Gasteiger partial charge >= 0.3 is 0 Å². The van der Waals surface area contributed by atoms with Crippen LogP contribution < -0.4 is 11.1 Å². The molecule has 0 aliphatic heterocycles. The van der Waals surface area contributed by atoms with Gasteiger partial charge in [0.15, 0.2) is 0 Å². The summed E-state index contributed by atoms with van der Waals surface area (Å²) < 4.78 is 0. The lowest BCUT2D eigenvalue weighted by Gasteiger charge is -2.11. The summed E-state index contributed by atoms with van der Waals surface area (Å²) in [5.74, 6) is 0.975. The van der Waals surface area contributed by atoms with Gasteiger partial charge in [-0.2, -0.15) is 0 Å². The molecule has 1 unspecified atom stereocenters. The quantitative estimate of drug-likeness (QED) is 0.690. The van der Waals surface area contributed by atoms with E-state index in [2.05, 4.69) is 29.6 Å². The molecule has 1 atom stereocenters. The Bertz CT molecular complexity index is 293. The van der Waals surface area contributed by atoms with Gasteiger partial charge in [-0.3, -0.25) is 0 Å². The van der Waals surface area contributed by atoms with Gasteiger partial charge < -0.3 is 11.1 Å². The third-order valence-electron chi connectivity index (χ3n) is 3.23. The van der Waals surface area contributed by atoms with Gasteiger partial charge in [0.25, 0.3) is 0 Å². The van der Waals surface area contributed by atoms with Crippen molar-refractivity contribution in [2.75, 3.05) is 13.1 Å². The summed E-state index contributed by atoms with van der Waals surface area (Å²) in [7, 11) is 0. The van der Waals surface area contributed by atoms with Crippen LogP contribution in [0.1, 0.15) is 37.3 Å². The van der Waals surface area contributed by atoms with Crippen molar-refractivity contribution >= 4 is 0 Å². The SMILES string of the molecule is NC(CCCNCC1CC1)c1ccccc1. The predicted molar refractivity (Wildman–Crippen MR) is 68.2 cm³/mol. The molecule has 0 amide bonds. The van der Waals surface area contributed by atoms with Crippen molar-refractivity contribution in [2.45, 2.75) is 31.7 Å². The van der Waals surface area contributed by atoms with Gasteiger partial charge in [0.05, 0.1) is 0 Å². The van der Waals surface area contributed by atoms with Crippen LogP contribution in [0.15, 0.2) is 30.3 Å². The van der Waals surface area contributed by atoms with E-state index in [0.29, 0.717) is 0 Å². The molecule has 1 fully saturated rings. The van der Waals surface area contributed by atoms with Crippen LogP contribution in [0.5, 0.6) is 0 Å². The summed E-state index contributed by atoms with van der Waals surface area (Å²) >= 11 is 0. The number of nitrogens with one attached hydrogen (secondary N) is 1. The second-order valence-corrected chi connectivity index (χ2v) is 4.81. The standard InChI is InChI=1S/C14H22N2/c15-14(13-5-2-1-3-6-13)7-4-10-16-11-12-8-9-12/h1-3,5-6,12,14,16H,4,7-11,15H2. The molecule has 16 heavy (non-hydrogen) atoms. The second-order valence-electron chi connectivity index (χ2n) is 4.81. The summed E-state index contributed by atoms with van der Waals surface area (Å²) in [5, 5.41) is 3.50. The zero-order chi connectivity index (χ0) is 11.2. The molecule has 1 aliphatic carbocycles. The maximum Gasteiger partial charge on any atom is 0.0295 e. The maximum absolute atomic E-state index is 6.12. The van der Waals surface area contributed by atoms with Crippen LogP contribution in [0, 0.1) is 5.92 Å². The minimum atomic E-state index is 0.198. The lowest BCUT2D eigenvalue weighted by Crippen LogP contribution is -2.20. The van der Waals surface area contributed by atoms with Crippen molar-refractivity contribution in [3.05, 3.63) is 35.9 Å². The number of hydrogen-bond acceptors (Lipinski definition) is 2. The first-order chi connectivity index (χ1) is 7.86. The fourth-order valence-corrected chi connectivity index (χ4v) is 1.94. The van der Waals surface area contributed by atoms with Crippen molar-refractivity contribution in [3.63, 3.8) is 0 Å². The van der Waals surface area contributed by atoms with Crippen LogP contribution >= 0.6 is 0 Å². The van der Waals surface area contributed by atoms with Crippen LogP contribution in [0.25, 0.3) is 0 Å². The smallest absolute Gasteiger partial charge is 0.0295 e. The molecule has 0 aromatic heterocycles. The second kappa shape index (κ2) is 6.02. The van der Waals surface area contributed by atoms with E-state index in [1.54, 1.807) is 0 Å². The zero-order valence-corrected chi connectivity index (χ0v) is 9.86. The Morgan fingerprint density at radius 1 is 1.25 bits per heavy atom. The van der Waals surface area contributed by atoms with Gasteiger partial charge in [-0.1, -0.05) is 30.3 Å². The molecule has 3 N–H and O–H groups in total. The largest absolute Gasteiger partial charge is 0.324 e. The Kier molecular flexibility index (Phi) is 4.37. The van der Waals surface area contributed by atoms with E-state index in [9.17, 15) is 0 Å². The molecular weight excluding hydrogens is 196 g/mol. The van der Waals surface area contributed by atoms with E-state index in [0.717, 1.165) is 18.9 Å². The van der Waals surface area contributed by atoms with Crippen LogP contribution in [-0.4, -0.2) is 13.1 Å². The topological polar surface area (TPSA) is 38.0 Å². The van der Waals surface area contributed by atoms with E-state index < -0.39 is 0 Å². The highest BCUT2D eigenvalue weighted by molar-refractivity contribution is 5.18. The number of hydrogen-bond donors (Lipinski definition) is 2. The summed E-state index contributed by atoms with van der Waals surface area (Å²) in [6, 6.07) is 10.6. The predicted octanol–water partition coefficient (Wildman–Crippen LogP) is 2.47. The molecule has 2 nitrogen and oxygen atoms in total. The van der Waals surface area contributed by atoms with Crippen molar-refractivity contribution < 1.29 is 0 Å². The molecule has 2 rings (SSSR count). The van der Waals surface area contributed by atoms with Crippen LogP contribution in [0.3, 0.4) is 0 Å². The van der Waals surface area contributed by atoms with E-state index in [1.165, 1.54) is 31.4 Å². The summed E-state index contributed by atoms with van der Waals surface area (Å²) in [6.07, 6.45) is 5.09. The van der Waals surface area contributed by atoms with Gasteiger partial charge in [0.2, 0.25) is 0 Å². The lowest BCUT2D eigenvalue weighted by atomic mass is 10.0. The van der Waals surface area contributed by atoms with E-state index in [4.69, 9.17) is 5.73 Å². The van der Waals surface area contributed by atoms with Gasteiger partial charge in [-0.25, -0.2) is 0 Å². The van der Waals surface area contributed by atoms with E-state index >= 15 is 0 Å².